The van der Waals surface area contributed by atoms with Gasteiger partial charge in [-0.1, -0.05) is 0 Å². The summed E-state index contributed by atoms with van der Waals surface area (Å²) in [5, 5.41) is 0. The van der Waals surface area contributed by atoms with Crippen molar-refractivity contribution in [2.75, 3.05) is 12.5 Å². The average molecular weight is 250 g/mol. The summed E-state index contributed by atoms with van der Waals surface area (Å²) in [5.41, 5.74) is 1.78. The number of hydrogen-bond acceptors (Lipinski definition) is 5. The predicted octanol–water partition coefficient (Wildman–Crippen LogP) is -0.0960. The quantitative estimate of drug-likeness (QED) is 0.556. The van der Waals surface area contributed by atoms with E-state index in [1.54, 1.807) is 0 Å². The normalized spacial score (nSPS) is 17.3. The van der Waals surface area contributed by atoms with Crippen molar-refractivity contribution in [2.45, 2.75) is 0 Å². The largest absolute Gasteiger partial charge is 0.468 e. The number of nitrogens with zero attached hydrogens (tertiary/aromatic N) is 1. The Morgan fingerprint density at radius 2 is 2.22 bits per heavy atom. The molecule has 0 amide bonds. The van der Waals surface area contributed by atoms with Crippen LogP contribution >= 0.6 is 0 Å². The molecule has 1 aliphatic rings. The third kappa shape index (κ3) is 1.55. The SMILES string of the molecule is COC(=O)C1C(=C=O)Nn2ccc(F)c2C1=C=O. The van der Waals surface area contributed by atoms with Gasteiger partial charge in [-0.3, -0.25) is 14.9 Å². The fourth-order valence-electron chi connectivity index (χ4n) is 1.78. The number of hydrogen-bond donors (Lipinski definition) is 1. The highest BCUT2D eigenvalue weighted by Crippen LogP contribution is 2.32. The number of nitrogens with one attached hydrogen (secondary N) is 1. The van der Waals surface area contributed by atoms with Gasteiger partial charge >= 0.3 is 5.97 Å². The summed E-state index contributed by atoms with van der Waals surface area (Å²) >= 11 is 0. The molecule has 0 radical (unpaired) electrons. The number of aromatic nitrogens is 1. The Labute approximate surface area is 100 Å². The molecule has 0 spiro atoms. The molecule has 0 bridgehead atoms. The molecule has 1 aliphatic heterocycles. The van der Waals surface area contributed by atoms with E-state index in [4.69, 9.17) is 0 Å². The zero-order chi connectivity index (χ0) is 13.3. The Morgan fingerprint density at radius 1 is 1.50 bits per heavy atom. The van der Waals surface area contributed by atoms with Crippen LogP contribution in [0.4, 0.5) is 4.39 Å². The summed E-state index contributed by atoms with van der Waals surface area (Å²) in [6.45, 7) is 0. The number of fused-ring (bicyclic) bond motifs is 1. The van der Waals surface area contributed by atoms with Crippen molar-refractivity contribution in [3.05, 3.63) is 29.5 Å². The summed E-state index contributed by atoms with van der Waals surface area (Å²) in [6.07, 6.45) is 1.27. The van der Waals surface area contributed by atoms with Crippen LogP contribution in [-0.2, 0) is 19.1 Å². The molecule has 1 atom stereocenters. The number of halogens is 1. The lowest BCUT2D eigenvalue weighted by molar-refractivity contribution is -0.142. The summed E-state index contributed by atoms with van der Waals surface area (Å²) < 4.78 is 19.1. The van der Waals surface area contributed by atoms with Gasteiger partial charge in [0.2, 0.25) is 0 Å². The van der Waals surface area contributed by atoms with Crippen molar-refractivity contribution in [1.82, 2.24) is 4.68 Å². The van der Waals surface area contributed by atoms with E-state index >= 15 is 0 Å². The monoisotopic (exact) mass is 250 g/mol. The van der Waals surface area contributed by atoms with E-state index in [-0.39, 0.29) is 17.0 Å². The molecule has 6 nitrogen and oxygen atoms in total. The van der Waals surface area contributed by atoms with Gasteiger partial charge in [0.25, 0.3) is 0 Å². The molecule has 0 fully saturated rings. The van der Waals surface area contributed by atoms with E-state index < -0.39 is 17.7 Å². The molecule has 1 N–H and O–H groups in total. The van der Waals surface area contributed by atoms with Crippen molar-refractivity contribution in [2.24, 2.45) is 5.92 Å². The standard InChI is InChI=1S/C11H7FN2O4/c1-18-11(17)9-6(4-15)10-7(12)2-3-14(10)13-8(9)5-16/h2-3,9,13H,1H3. The minimum Gasteiger partial charge on any atom is -0.468 e. The van der Waals surface area contributed by atoms with Crippen LogP contribution in [0, 0.1) is 11.7 Å². The van der Waals surface area contributed by atoms with Gasteiger partial charge in [-0.2, -0.15) is 0 Å². The number of esters is 1. The first-order chi connectivity index (χ1) is 8.63. The molecular formula is C11H7FN2O4. The maximum Gasteiger partial charge on any atom is 0.320 e. The maximum absolute atomic E-state index is 13.5. The third-order valence-corrected chi connectivity index (χ3v) is 2.57. The van der Waals surface area contributed by atoms with Gasteiger partial charge in [0.15, 0.2) is 5.82 Å². The van der Waals surface area contributed by atoms with E-state index in [9.17, 15) is 18.8 Å². The van der Waals surface area contributed by atoms with Crippen molar-refractivity contribution in [1.29, 1.82) is 0 Å². The topological polar surface area (TPSA) is 77.4 Å². The van der Waals surface area contributed by atoms with E-state index in [1.807, 2.05) is 0 Å². The highest BCUT2D eigenvalue weighted by Gasteiger charge is 2.38. The maximum atomic E-state index is 13.5. The lowest BCUT2D eigenvalue weighted by Gasteiger charge is -2.25. The molecular weight excluding hydrogens is 243 g/mol. The Bertz CT molecular complexity index is 621. The molecule has 1 aromatic heterocycles. The molecule has 92 valence electrons. The van der Waals surface area contributed by atoms with Gasteiger partial charge in [0.05, 0.1) is 12.7 Å². The molecule has 0 aromatic carbocycles. The van der Waals surface area contributed by atoms with Crippen LogP contribution in [0.2, 0.25) is 0 Å². The Balaban J connectivity index is 2.68. The highest BCUT2D eigenvalue weighted by molar-refractivity contribution is 6.03. The summed E-state index contributed by atoms with van der Waals surface area (Å²) in [7, 11) is 1.09. The second kappa shape index (κ2) is 4.33. The molecule has 0 saturated heterocycles. The lowest BCUT2D eigenvalue weighted by Crippen LogP contribution is -2.34. The summed E-state index contributed by atoms with van der Waals surface area (Å²) in [4.78, 5) is 33.3. The van der Waals surface area contributed by atoms with E-state index in [1.165, 1.54) is 18.1 Å². The minimum atomic E-state index is -1.35. The Morgan fingerprint density at radius 3 is 2.78 bits per heavy atom. The second-order valence-corrected chi connectivity index (χ2v) is 3.48. The number of carbonyl (C=O) groups excluding carboxylic acids is 3. The predicted molar refractivity (Wildman–Crippen MR) is 57.6 cm³/mol. The van der Waals surface area contributed by atoms with Crippen LogP contribution in [0.25, 0.3) is 5.57 Å². The zero-order valence-electron chi connectivity index (χ0n) is 9.19. The Kier molecular flexibility index (Phi) is 2.85. The third-order valence-electron chi connectivity index (χ3n) is 2.57. The number of ether oxygens (including phenoxy) is 1. The molecule has 1 aromatic rings. The van der Waals surface area contributed by atoms with E-state index in [2.05, 4.69) is 10.2 Å². The van der Waals surface area contributed by atoms with Crippen LogP contribution in [0.15, 0.2) is 18.0 Å². The molecule has 0 saturated carbocycles. The fraction of sp³-hybridized carbons (Fsp3) is 0.182. The van der Waals surface area contributed by atoms with Crippen LogP contribution in [-0.4, -0.2) is 29.6 Å². The van der Waals surface area contributed by atoms with Gasteiger partial charge in [-0.05, 0) is 6.07 Å². The fourth-order valence-corrected chi connectivity index (χ4v) is 1.78. The molecule has 1 unspecified atom stereocenters. The molecule has 18 heavy (non-hydrogen) atoms. The van der Waals surface area contributed by atoms with Gasteiger partial charge in [-0.25, -0.2) is 14.0 Å². The number of rotatable bonds is 1. The van der Waals surface area contributed by atoms with Gasteiger partial charge in [0, 0.05) is 6.20 Å². The van der Waals surface area contributed by atoms with Crippen LogP contribution in [0.5, 0.6) is 0 Å². The zero-order valence-corrected chi connectivity index (χ0v) is 9.19. The molecule has 2 heterocycles. The second-order valence-electron chi connectivity index (χ2n) is 3.48. The first-order valence-corrected chi connectivity index (χ1v) is 4.86. The van der Waals surface area contributed by atoms with Crippen LogP contribution in [0.3, 0.4) is 0 Å². The molecule has 7 heteroatoms. The Hall–Kier alpha value is -2.62. The number of carbonyl (C=O) groups is 1. The lowest BCUT2D eigenvalue weighted by atomic mass is 9.93. The van der Waals surface area contributed by atoms with Gasteiger partial charge < -0.3 is 4.74 Å². The van der Waals surface area contributed by atoms with Crippen molar-refractivity contribution in [3.8, 4) is 0 Å². The molecule has 0 aliphatic carbocycles. The first kappa shape index (κ1) is 11.9. The van der Waals surface area contributed by atoms with E-state index in [0.717, 1.165) is 17.9 Å². The van der Waals surface area contributed by atoms with Crippen LogP contribution in [0.1, 0.15) is 5.69 Å². The number of methoxy groups -OCH3 is 1. The van der Waals surface area contributed by atoms with Crippen LogP contribution < -0.4 is 5.43 Å². The summed E-state index contributed by atoms with van der Waals surface area (Å²) in [6, 6.07) is 1.09. The van der Waals surface area contributed by atoms with Crippen molar-refractivity contribution in [3.63, 3.8) is 0 Å². The smallest absolute Gasteiger partial charge is 0.320 e. The highest BCUT2D eigenvalue weighted by atomic mass is 19.1. The average Bonchev–Trinajstić information content (AvgIpc) is 2.77. The molecule has 2 rings (SSSR count). The van der Waals surface area contributed by atoms with Crippen molar-refractivity contribution >= 4 is 23.4 Å². The van der Waals surface area contributed by atoms with Gasteiger partial charge in [-0.15, -0.1) is 0 Å². The van der Waals surface area contributed by atoms with Gasteiger partial charge in [0.1, 0.15) is 29.2 Å². The first-order valence-electron chi connectivity index (χ1n) is 4.86. The van der Waals surface area contributed by atoms with Crippen molar-refractivity contribution < 1.29 is 23.5 Å². The summed E-state index contributed by atoms with van der Waals surface area (Å²) in [5.74, 6) is 0.0539. The minimum absolute atomic E-state index is 0.153. The van der Waals surface area contributed by atoms with E-state index in [0.29, 0.717) is 0 Å².